The van der Waals surface area contributed by atoms with E-state index in [1.54, 1.807) is 18.3 Å². The van der Waals surface area contributed by atoms with Crippen molar-refractivity contribution < 1.29 is 33.7 Å². The Balaban J connectivity index is 0.00000507. The molecule has 2 aromatic carbocycles. The number of anilines is 1. The molecule has 3 aromatic rings. The van der Waals surface area contributed by atoms with Crippen molar-refractivity contribution in [3.8, 4) is 0 Å². The minimum atomic E-state index is -1.08. The fourth-order valence-corrected chi connectivity index (χ4v) is 3.71. The molecular formula is C27H33ClFN3O6. The number of halogens is 2. The van der Waals surface area contributed by atoms with E-state index in [9.17, 15) is 19.1 Å². The molecular weight excluding hydrogens is 517 g/mol. The van der Waals surface area contributed by atoms with Crippen LogP contribution in [-0.2, 0) is 20.7 Å². The summed E-state index contributed by atoms with van der Waals surface area (Å²) in [6.45, 7) is -0.925. The average molecular weight is 550 g/mol. The van der Waals surface area contributed by atoms with Crippen molar-refractivity contribution in [2.45, 2.75) is 32.4 Å². The van der Waals surface area contributed by atoms with Gasteiger partial charge in [0.05, 0.1) is 30.9 Å². The summed E-state index contributed by atoms with van der Waals surface area (Å²) in [4.78, 5) is 30.8. The van der Waals surface area contributed by atoms with Gasteiger partial charge < -0.3 is 24.6 Å². The SMILES string of the molecule is C.CN(C(=O)CCc1cccc(F)c1Cl)[C@@H](COC[C@@H](O)CO)COC(=O)Nc1cc2ccccc2cn1. The maximum absolute atomic E-state index is 13.7. The molecule has 0 saturated heterocycles. The highest BCUT2D eigenvalue weighted by Gasteiger charge is 2.23. The molecule has 2 amide bonds. The third-order valence-electron chi connectivity index (χ3n) is 5.68. The lowest BCUT2D eigenvalue weighted by atomic mass is 10.1. The van der Waals surface area contributed by atoms with Crippen LogP contribution < -0.4 is 5.32 Å². The van der Waals surface area contributed by atoms with Crippen LogP contribution in [0.15, 0.2) is 54.7 Å². The number of rotatable bonds is 12. The quantitative estimate of drug-likeness (QED) is 0.312. The third-order valence-corrected chi connectivity index (χ3v) is 6.10. The maximum Gasteiger partial charge on any atom is 0.412 e. The summed E-state index contributed by atoms with van der Waals surface area (Å²) in [6, 6.07) is 13.0. The summed E-state index contributed by atoms with van der Waals surface area (Å²) in [5.74, 6) is -0.565. The number of hydrogen-bond donors (Lipinski definition) is 3. The van der Waals surface area contributed by atoms with Gasteiger partial charge in [-0.25, -0.2) is 14.2 Å². The molecule has 3 N–H and O–H groups in total. The van der Waals surface area contributed by atoms with Gasteiger partial charge in [-0.1, -0.05) is 55.4 Å². The fourth-order valence-electron chi connectivity index (χ4n) is 3.49. The number of carbonyl (C=O) groups is 2. The zero-order chi connectivity index (χ0) is 26.8. The van der Waals surface area contributed by atoms with Crippen molar-refractivity contribution >= 4 is 40.2 Å². The van der Waals surface area contributed by atoms with E-state index < -0.39 is 30.7 Å². The maximum atomic E-state index is 13.7. The van der Waals surface area contributed by atoms with Crippen molar-refractivity contribution in [2.24, 2.45) is 0 Å². The fraction of sp³-hybridized carbons (Fsp3) is 0.370. The van der Waals surface area contributed by atoms with Gasteiger partial charge in [0.15, 0.2) is 0 Å². The molecule has 1 aromatic heterocycles. The molecule has 0 bridgehead atoms. The summed E-state index contributed by atoms with van der Waals surface area (Å²) >= 11 is 5.98. The van der Waals surface area contributed by atoms with Crippen molar-refractivity contribution in [3.63, 3.8) is 0 Å². The molecule has 1 heterocycles. The highest BCUT2D eigenvalue weighted by molar-refractivity contribution is 6.31. The highest BCUT2D eigenvalue weighted by atomic mass is 35.5. The van der Waals surface area contributed by atoms with Gasteiger partial charge in [0.1, 0.15) is 24.3 Å². The summed E-state index contributed by atoms with van der Waals surface area (Å²) in [5, 5.41) is 22.9. The smallest absolute Gasteiger partial charge is 0.412 e. The third kappa shape index (κ3) is 8.91. The monoisotopic (exact) mass is 549 g/mol. The van der Waals surface area contributed by atoms with Gasteiger partial charge in [-0.05, 0) is 29.5 Å². The Morgan fingerprint density at radius 3 is 2.61 bits per heavy atom. The Kier molecular flexibility index (Phi) is 12.4. The Morgan fingerprint density at radius 2 is 1.87 bits per heavy atom. The summed E-state index contributed by atoms with van der Waals surface area (Å²) in [7, 11) is 1.53. The molecule has 9 nitrogen and oxygen atoms in total. The number of ether oxygens (including phenoxy) is 2. The second kappa shape index (κ2) is 15.2. The average Bonchev–Trinajstić information content (AvgIpc) is 2.90. The first-order valence-corrected chi connectivity index (χ1v) is 12.0. The van der Waals surface area contributed by atoms with E-state index in [1.165, 1.54) is 24.1 Å². The van der Waals surface area contributed by atoms with Crippen LogP contribution >= 0.6 is 11.6 Å². The lowest BCUT2D eigenvalue weighted by molar-refractivity contribution is -0.134. The van der Waals surface area contributed by atoms with Crippen LogP contribution in [0.2, 0.25) is 5.02 Å². The van der Waals surface area contributed by atoms with Crippen LogP contribution in [0, 0.1) is 5.82 Å². The summed E-state index contributed by atoms with van der Waals surface area (Å²) < 4.78 is 24.4. The minimum absolute atomic E-state index is 0. The largest absolute Gasteiger partial charge is 0.447 e. The number of benzene rings is 2. The van der Waals surface area contributed by atoms with E-state index in [0.717, 1.165) is 10.8 Å². The van der Waals surface area contributed by atoms with E-state index in [0.29, 0.717) is 11.4 Å². The normalized spacial score (nSPS) is 12.3. The molecule has 3 rings (SSSR count). The zero-order valence-corrected chi connectivity index (χ0v) is 21.0. The van der Waals surface area contributed by atoms with E-state index in [-0.39, 0.29) is 51.0 Å². The van der Waals surface area contributed by atoms with Gasteiger partial charge in [0.25, 0.3) is 0 Å². The van der Waals surface area contributed by atoms with Gasteiger partial charge in [-0.3, -0.25) is 10.1 Å². The van der Waals surface area contributed by atoms with Crippen molar-refractivity contribution in [1.82, 2.24) is 9.88 Å². The van der Waals surface area contributed by atoms with Crippen molar-refractivity contribution in [2.75, 3.05) is 38.8 Å². The van der Waals surface area contributed by atoms with Crippen LogP contribution in [0.4, 0.5) is 15.0 Å². The lowest BCUT2D eigenvalue weighted by Crippen LogP contribution is -2.44. The molecule has 2 atom stereocenters. The van der Waals surface area contributed by atoms with E-state index in [4.69, 9.17) is 26.2 Å². The molecule has 0 aliphatic heterocycles. The second-order valence-corrected chi connectivity index (χ2v) is 8.76. The molecule has 0 unspecified atom stereocenters. The number of aliphatic hydroxyl groups is 2. The van der Waals surface area contributed by atoms with Crippen molar-refractivity contribution in [3.05, 3.63) is 71.1 Å². The topological polar surface area (TPSA) is 121 Å². The lowest BCUT2D eigenvalue weighted by Gasteiger charge is -2.28. The number of carbonyl (C=O) groups excluding carboxylic acids is 2. The van der Waals surface area contributed by atoms with E-state index in [1.807, 2.05) is 24.3 Å². The van der Waals surface area contributed by atoms with Crippen LogP contribution in [0.5, 0.6) is 0 Å². The number of nitrogens with one attached hydrogen (secondary N) is 1. The highest BCUT2D eigenvalue weighted by Crippen LogP contribution is 2.21. The Morgan fingerprint density at radius 1 is 1.13 bits per heavy atom. The second-order valence-electron chi connectivity index (χ2n) is 8.39. The van der Waals surface area contributed by atoms with Crippen LogP contribution in [-0.4, -0.2) is 77.7 Å². The minimum Gasteiger partial charge on any atom is -0.447 e. The number of aryl methyl sites for hydroxylation is 1. The first kappa shape index (κ1) is 30.9. The number of aromatic nitrogens is 1. The number of fused-ring (bicyclic) bond motifs is 1. The van der Waals surface area contributed by atoms with Crippen LogP contribution in [0.25, 0.3) is 10.8 Å². The number of aliphatic hydroxyl groups excluding tert-OH is 2. The Labute approximate surface area is 226 Å². The molecule has 0 fully saturated rings. The zero-order valence-electron chi connectivity index (χ0n) is 20.3. The summed E-state index contributed by atoms with van der Waals surface area (Å²) in [6.07, 6.45) is 0.0232. The predicted octanol–water partition coefficient (Wildman–Crippen LogP) is 4.04. The van der Waals surface area contributed by atoms with Gasteiger partial charge in [-0.2, -0.15) is 0 Å². The molecule has 0 spiro atoms. The molecule has 11 heteroatoms. The number of nitrogens with zero attached hydrogens (tertiary/aromatic N) is 2. The Hall–Kier alpha value is -3.31. The van der Waals surface area contributed by atoms with Crippen LogP contribution in [0.1, 0.15) is 19.4 Å². The van der Waals surface area contributed by atoms with Gasteiger partial charge in [0.2, 0.25) is 5.91 Å². The number of amides is 2. The predicted molar refractivity (Wildman–Crippen MR) is 144 cm³/mol. The Bertz CT molecular complexity index is 1210. The van der Waals surface area contributed by atoms with Crippen LogP contribution in [0.3, 0.4) is 0 Å². The molecule has 206 valence electrons. The summed E-state index contributed by atoms with van der Waals surface area (Å²) in [5.41, 5.74) is 0.501. The first-order valence-electron chi connectivity index (χ1n) is 11.6. The molecule has 0 aliphatic rings. The number of hydrogen-bond acceptors (Lipinski definition) is 7. The first-order chi connectivity index (χ1) is 17.8. The molecule has 0 aliphatic carbocycles. The van der Waals surface area contributed by atoms with Gasteiger partial charge >= 0.3 is 6.09 Å². The standard InChI is InChI=1S/C26H29ClFN3O6.CH4/c1-31(24(34)10-9-17-7-4-8-22(28)25(17)27)20(14-36-16-21(33)13-32)15-37-26(35)30-23-11-18-5-2-3-6-19(18)12-29-23;/h2-8,11-12,20-21,32-33H,9-10,13-16H2,1H3,(H,29,30,35);1H4/t20-,21-;/m0./s1. The molecule has 0 radical (unpaired) electrons. The number of pyridine rings is 1. The van der Waals surface area contributed by atoms with Gasteiger partial charge in [-0.15, -0.1) is 0 Å². The van der Waals surface area contributed by atoms with E-state index in [2.05, 4.69) is 10.3 Å². The molecule has 0 saturated carbocycles. The molecule has 38 heavy (non-hydrogen) atoms. The van der Waals surface area contributed by atoms with Gasteiger partial charge in [0, 0.05) is 25.1 Å². The van der Waals surface area contributed by atoms with Crippen molar-refractivity contribution in [1.29, 1.82) is 0 Å². The van der Waals surface area contributed by atoms with E-state index >= 15 is 0 Å². The number of likely N-dealkylation sites (N-methyl/N-ethyl adjacent to an activating group) is 1.